The first-order valence-corrected chi connectivity index (χ1v) is 5.17. The molecule has 0 atom stereocenters. The molecule has 1 heterocycles. The average Bonchev–Trinajstić information content (AvgIpc) is 2.58. The Hall–Kier alpha value is -0.970. The molecule has 1 aliphatic rings. The van der Waals surface area contributed by atoms with Crippen LogP contribution in [0.4, 0.5) is 0 Å². The second-order valence-electron chi connectivity index (χ2n) is 3.62. The van der Waals surface area contributed by atoms with Crippen molar-refractivity contribution in [3.05, 3.63) is 11.8 Å². The van der Waals surface area contributed by atoms with E-state index < -0.39 is 0 Å². The highest BCUT2D eigenvalue weighted by Crippen LogP contribution is 2.14. The van der Waals surface area contributed by atoms with Gasteiger partial charge in [0, 0.05) is 13.1 Å². The third-order valence-electron chi connectivity index (χ3n) is 2.38. The van der Waals surface area contributed by atoms with Gasteiger partial charge in [0.1, 0.15) is 0 Å². The molecule has 0 aromatic carbocycles. The average molecular weight is 178 g/mol. The smallest absolute Gasteiger partial charge is 0.0666 e. The quantitative estimate of drug-likeness (QED) is 0.661. The van der Waals surface area contributed by atoms with E-state index in [2.05, 4.69) is 24.1 Å². The van der Waals surface area contributed by atoms with Crippen molar-refractivity contribution in [1.29, 1.82) is 5.26 Å². The minimum absolute atomic E-state index is 0.602. The topological polar surface area (TPSA) is 27.0 Å². The number of rotatable bonds is 4. The molecule has 72 valence electrons. The third kappa shape index (κ3) is 3.50. The Morgan fingerprint density at radius 1 is 1.46 bits per heavy atom. The van der Waals surface area contributed by atoms with Crippen molar-refractivity contribution in [1.82, 2.24) is 4.90 Å². The molecule has 1 rings (SSSR count). The van der Waals surface area contributed by atoms with Gasteiger partial charge in [-0.2, -0.15) is 5.26 Å². The summed E-state index contributed by atoms with van der Waals surface area (Å²) >= 11 is 0. The van der Waals surface area contributed by atoms with Crippen molar-refractivity contribution in [2.75, 3.05) is 13.1 Å². The number of hydrogen-bond donors (Lipinski definition) is 0. The zero-order valence-corrected chi connectivity index (χ0v) is 8.42. The summed E-state index contributed by atoms with van der Waals surface area (Å²) in [5, 5.41) is 8.63. The molecule has 2 heteroatoms. The van der Waals surface area contributed by atoms with Crippen LogP contribution in [-0.4, -0.2) is 18.0 Å². The Labute approximate surface area is 80.8 Å². The molecule has 1 aliphatic heterocycles. The second-order valence-corrected chi connectivity index (χ2v) is 3.62. The van der Waals surface area contributed by atoms with Crippen LogP contribution < -0.4 is 0 Å². The van der Waals surface area contributed by atoms with E-state index in [1.54, 1.807) is 0 Å². The number of nitrogens with zero attached hydrogens (tertiary/aromatic N) is 2. The molecule has 2 nitrogen and oxygen atoms in total. The summed E-state index contributed by atoms with van der Waals surface area (Å²) in [6, 6.07) is 2.23. The van der Waals surface area contributed by atoms with Gasteiger partial charge in [0.05, 0.1) is 12.5 Å². The lowest BCUT2D eigenvalue weighted by Gasteiger charge is -2.13. The normalized spacial score (nSPS) is 17.5. The van der Waals surface area contributed by atoms with Crippen LogP contribution in [0.25, 0.3) is 0 Å². The molecule has 0 aromatic rings. The molecule has 0 amide bonds. The predicted octanol–water partition coefficient (Wildman–Crippen LogP) is 2.68. The van der Waals surface area contributed by atoms with Gasteiger partial charge in [0.15, 0.2) is 0 Å². The van der Waals surface area contributed by atoms with Gasteiger partial charge in [0.2, 0.25) is 0 Å². The van der Waals surface area contributed by atoms with Crippen molar-refractivity contribution >= 4 is 0 Å². The van der Waals surface area contributed by atoms with Crippen molar-refractivity contribution in [2.24, 2.45) is 0 Å². The highest BCUT2D eigenvalue weighted by Gasteiger charge is 2.08. The lowest BCUT2D eigenvalue weighted by molar-refractivity contribution is 0.461. The molecule has 1 saturated heterocycles. The molecule has 0 N–H and O–H groups in total. The summed E-state index contributed by atoms with van der Waals surface area (Å²) in [4.78, 5) is 2.35. The number of nitriles is 1. The molecular formula is C11H18N2. The van der Waals surface area contributed by atoms with Gasteiger partial charge in [0.25, 0.3) is 0 Å². The van der Waals surface area contributed by atoms with Crippen molar-refractivity contribution in [3.8, 4) is 6.07 Å². The van der Waals surface area contributed by atoms with E-state index in [-0.39, 0.29) is 0 Å². The molecule has 0 unspecified atom stereocenters. The first-order chi connectivity index (χ1) is 6.36. The van der Waals surface area contributed by atoms with Crippen LogP contribution in [0.5, 0.6) is 0 Å². The number of allylic oxidation sites excluding steroid dienone is 1. The van der Waals surface area contributed by atoms with Crippen molar-refractivity contribution in [2.45, 2.75) is 39.0 Å². The maximum absolute atomic E-state index is 8.63. The fourth-order valence-corrected chi connectivity index (χ4v) is 1.75. The summed E-state index contributed by atoms with van der Waals surface area (Å²) < 4.78 is 0. The van der Waals surface area contributed by atoms with Crippen LogP contribution in [0.1, 0.15) is 39.0 Å². The Balaban J connectivity index is 2.46. The van der Waals surface area contributed by atoms with E-state index >= 15 is 0 Å². The van der Waals surface area contributed by atoms with Crippen LogP contribution >= 0.6 is 0 Å². The lowest BCUT2D eigenvalue weighted by Crippen LogP contribution is -2.11. The molecule has 1 fully saturated rings. The monoisotopic (exact) mass is 178 g/mol. The summed E-state index contributed by atoms with van der Waals surface area (Å²) in [6.07, 6.45) is 7.64. The minimum Gasteiger partial charge on any atom is -0.377 e. The predicted molar refractivity (Wildman–Crippen MR) is 54.0 cm³/mol. The maximum Gasteiger partial charge on any atom is 0.0666 e. The van der Waals surface area contributed by atoms with Crippen LogP contribution in [0.3, 0.4) is 0 Å². The zero-order chi connectivity index (χ0) is 9.52. The van der Waals surface area contributed by atoms with E-state index in [0.29, 0.717) is 6.42 Å². The van der Waals surface area contributed by atoms with Crippen LogP contribution in [-0.2, 0) is 0 Å². The fraction of sp³-hybridized carbons (Fsp3) is 0.727. The third-order valence-corrected chi connectivity index (χ3v) is 2.38. The van der Waals surface area contributed by atoms with Gasteiger partial charge in [-0.3, -0.25) is 0 Å². The largest absolute Gasteiger partial charge is 0.377 e. The molecule has 0 spiro atoms. The minimum atomic E-state index is 0.602. The second kappa shape index (κ2) is 5.64. The van der Waals surface area contributed by atoms with Crippen LogP contribution in [0, 0.1) is 11.3 Å². The molecule has 0 aliphatic carbocycles. The van der Waals surface area contributed by atoms with Gasteiger partial charge in [-0.25, -0.2) is 0 Å². The summed E-state index contributed by atoms with van der Waals surface area (Å²) in [5.74, 6) is 0. The van der Waals surface area contributed by atoms with Crippen LogP contribution in [0.2, 0.25) is 0 Å². The van der Waals surface area contributed by atoms with E-state index in [1.807, 2.05) is 0 Å². The highest BCUT2D eigenvalue weighted by atomic mass is 15.1. The Morgan fingerprint density at radius 2 is 2.15 bits per heavy atom. The lowest BCUT2D eigenvalue weighted by atomic mass is 10.1. The molecule has 0 radical (unpaired) electrons. The van der Waals surface area contributed by atoms with Gasteiger partial charge in [-0.05, 0) is 31.0 Å². The van der Waals surface area contributed by atoms with Gasteiger partial charge < -0.3 is 4.90 Å². The summed E-state index contributed by atoms with van der Waals surface area (Å²) in [6.45, 7) is 4.52. The molecular weight excluding hydrogens is 160 g/mol. The van der Waals surface area contributed by atoms with Gasteiger partial charge in [-0.15, -0.1) is 0 Å². The molecule has 0 saturated carbocycles. The van der Waals surface area contributed by atoms with Crippen molar-refractivity contribution in [3.63, 3.8) is 0 Å². The summed E-state index contributed by atoms with van der Waals surface area (Å²) in [7, 11) is 0. The number of likely N-dealkylation sites (tertiary alicyclic amines) is 1. The molecule has 0 bridgehead atoms. The van der Waals surface area contributed by atoms with E-state index in [0.717, 1.165) is 12.8 Å². The van der Waals surface area contributed by atoms with E-state index in [4.69, 9.17) is 5.26 Å². The van der Waals surface area contributed by atoms with E-state index in [9.17, 15) is 0 Å². The molecule has 13 heavy (non-hydrogen) atoms. The number of hydrogen-bond acceptors (Lipinski definition) is 2. The van der Waals surface area contributed by atoms with Gasteiger partial charge >= 0.3 is 0 Å². The SMILES string of the molecule is CCC/C(=C/N1CCCC1)CC#N. The van der Waals surface area contributed by atoms with E-state index in [1.165, 1.54) is 31.5 Å². The Bertz CT molecular complexity index is 207. The zero-order valence-electron chi connectivity index (χ0n) is 8.42. The highest BCUT2D eigenvalue weighted by molar-refractivity contribution is 5.07. The molecule has 0 aromatic heterocycles. The Morgan fingerprint density at radius 3 is 2.69 bits per heavy atom. The maximum atomic E-state index is 8.63. The van der Waals surface area contributed by atoms with Crippen molar-refractivity contribution < 1.29 is 0 Å². The fourth-order valence-electron chi connectivity index (χ4n) is 1.75. The standard InChI is InChI=1S/C11H18N2/c1-2-5-11(6-7-12)10-13-8-3-4-9-13/h10H,2-6,8-9H2,1H3/b11-10-. The summed E-state index contributed by atoms with van der Waals surface area (Å²) in [5.41, 5.74) is 1.30. The first kappa shape index (κ1) is 10.1. The first-order valence-electron chi connectivity index (χ1n) is 5.17. The Kier molecular flexibility index (Phi) is 4.39. The van der Waals surface area contributed by atoms with Crippen LogP contribution in [0.15, 0.2) is 11.8 Å². The van der Waals surface area contributed by atoms with Gasteiger partial charge in [-0.1, -0.05) is 13.3 Å².